The average Bonchev–Trinajstić information content (AvgIpc) is 3.21. The van der Waals surface area contributed by atoms with Crippen molar-refractivity contribution in [2.24, 2.45) is 0 Å². The summed E-state index contributed by atoms with van der Waals surface area (Å²) in [5.74, 6) is -0.136. The zero-order chi connectivity index (χ0) is 21.0. The molecule has 0 aliphatic carbocycles. The molecule has 1 aliphatic rings. The largest absolute Gasteiger partial charge is 0.379 e. The van der Waals surface area contributed by atoms with Gasteiger partial charge in [0.05, 0.1) is 18.9 Å². The highest BCUT2D eigenvalue weighted by molar-refractivity contribution is 7.16. The highest BCUT2D eigenvalue weighted by atomic mass is 32.1. The minimum atomic E-state index is -0.136. The van der Waals surface area contributed by atoms with Crippen molar-refractivity contribution in [2.75, 3.05) is 31.6 Å². The van der Waals surface area contributed by atoms with Crippen LogP contribution in [0.25, 0.3) is 22.0 Å². The first-order chi connectivity index (χ1) is 15.3. The fourth-order valence-electron chi connectivity index (χ4n) is 3.88. The van der Waals surface area contributed by atoms with E-state index in [9.17, 15) is 4.79 Å². The lowest BCUT2D eigenvalue weighted by molar-refractivity contribution is 0.0347. The molecule has 2 heterocycles. The molecule has 0 spiro atoms. The predicted octanol–water partition coefficient (Wildman–Crippen LogP) is 5.05. The number of amides is 1. The van der Waals surface area contributed by atoms with Crippen molar-refractivity contribution in [3.8, 4) is 11.3 Å². The van der Waals surface area contributed by atoms with Crippen LogP contribution in [0, 0.1) is 0 Å². The summed E-state index contributed by atoms with van der Waals surface area (Å²) in [4.78, 5) is 21.5. The molecule has 5 rings (SSSR count). The lowest BCUT2D eigenvalue weighted by Gasteiger charge is -2.26. The third-order valence-electron chi connectivity index (χ3n) is 5.47. The van der Waals surface area contributed by atoms with Crippen LogP contribution in [0.2, 0.25) is 0 Å². The molecule has 3 aromatic carbocycles. The molecule has 0 unspecified atom stereocenters. The van der Waals surface area contributed by atoms with Gasteiger partial charge in [-0.05, 0) is 16.8 Å². The number of rotatable bonds is 5. The van der Waals surface area contributed by atoms with Crippen molar-refractivity contribution in [1.29, 1.82) is 0 Å². The molecule has 0 bridgehead atoms. The number of carbonyl (C=O) groups is 1. The number of aromatic nitrogens is 1. The smallest absolute Gasteiger partial charge is 0.258 e. The summed E-state index contributed by atoms with van der Waals surface area (Å²) < 4.78 is 5.48. The third-order valence-corrected chi connectivity index (χ3v) is 6.43. The van der Waals surface area contributed by atoms with Gasteiger partial charge in [0.1, 0.15) is 0 Å². The van der Waals surface area contributed by atoms with Crippen molar-refractivity contribution in [3.63, 3.8) is 0 Å². The molecule has 0 saturated carbocycles. The Labute approximate surface area is 185 Å². The molecule has 4 aromatic rings. The van der Waals surface area contributed by atoms with Gasteiger partial charge in [-0.3, -0.25) is 15.0 Å². The third kappa shape index (κ3) is 4.37. The standard InChI is InChI=1S/C25H23N3O2S/c29-24(21-12-6-10-18-7-4-5-11-20(18)21)27-25-26-23(19-8-2-1-3-9-19)22(31-25)17-28-13-15-30-16-14-28/h1-12H,13-17H2,(H,26,27,29). The summed E-state index contributed by atoms with van der Waals surface area (Å²) in [6.07, 6.45) is 0. The Balaban J connectivity index is 1.45. The van der Waals surface area contributed by atoms with Crippen LogP contribution < -0.4 is 5.32 Å². The Kier molecular flexibility index (Phi) is 5.76. The number of thiazole rings is 1. The normalized spacial score (nSPS) is 14.6. The van der Waals surface area contributed by atoms with E-state index < -0.39 is 0 Å². The van der Waals surface area contributed by atoms with Crippen LogP contribution in [0.1, 0.15) is 15.2 Å². The first-order valence-corrected chi connectivity index (χ1v) is 11.2. The average molecular weight is 430 g/mol. The summed E-state index contributed by atoms with van der Waals surface area (Å²) in [6, 6.07) is 23.9. The summed E-state index contributed by atoms with van der Waals surface area (Å²) in [7, 11) is 0. The van der Waals surface area contributed by atoms with E-state index in [0.717, 1.165) is 59.8 Å². The maximum Gasteiger partial charge on any atom is 0.258 e. The second kappa shape index (κ2) is 8.98. The molecule has 156 valence electrons. The molecule has 1 fully saturated rings. The molecule has 1 amide bonds. The summed E-state index contributed by atoms with van der Waals surface area (Å²) in [5.41, 5.74) is 2.65. The van der Waals surface area contributed by atoms with E-state index in [4.69, 9.17) is 9.72 Å². The highest BCUT2D eigenvalue weighted by Gasteiger charge is 2.20. The van der Waals surface area contributed by atoms with Gasteiger partial charge in [-0.25, -0.2) is 4.98 Å². The molecule has 6 heteroatoms. The van der Waals surface area contributed by atoms with E-state index in [0.29, 0.717) is 10.7 Å². The number of morpholine rings is 1. The van der Waals surface area contributed by atoms with Crippen LogP contribution >= 0.6 is 11.3 Å². The molecule has 1 aliphatic heterocycles. The number of carbonyl (C=O) groups excluding carboxylic acids is 1. The van der Waals surface area contributed by atoms with E-state index in [1.54, 1.807) is 11.3 Å². The number of nitrogens with zero attached hydrogens (tertiary/aromatic N) is 2. The van der Waals surface area contributed by atoms with Crippen LogP contribution in [0.15, 0.2) is 72.8 Å². The minimum Gasteiger partial charge on any atom is -0.379 e. The lowest BCUT2D eigenvalue weighted by Crippen LogP contribution is -2.35. The number of ether oxygens (including phenoxy) is 1. The fraction of sp³-hybridized carbons (Fsp3) is 0.200. The molecule has 0 radical (unpaired) electrons. The van der Waals surface area contributed by atoms with E-state index in [1.165, 1.54) is 0 Å². The van der Waals surface area contributed by atoms with E-state index in [2.05, 4.69) is 22.3 Å². The number of benzene rings is 3. The maximum atomic E-state index is 13.1. The van der Waals surface area contributed by atoms with Crippen LogP contribution in [-0.4, -0.2) is 42.1 Å². The van der Waals surface area contributed by atoms with Crippen LogP contribution in [-0.2, 0) is 11.3 Å². The van der Waals surface area contributed by atoms with Crippen LogP contribution in [0.3, 0.4) is 0 Å². The molecule has 5 nitrogen and oxygen atoms in total. The molecular weight excluding hydrogens is 406 g/mol. The highest BCUT2D eigenvalue weighted by Crippen LogP contribution is 2.33. The number of nitrogens with one attached hydrogen (secondary N) is 1. The first kappa shape index (κ1) is 19.9. The summed E-state index contributed by atoms with van der Waals surface area (Å²) >= 11 is 1.55. The Morgan fingerprint density at radius 2 is 1.71 bits per heavy atom. The fourth-order valence-corrected chi connectivity index (χ4v) is 4.91. The Morgan fingerprint density at radius 3 is 2.55 bits per heavy atom. The van der Waals surface area contributed by atoms with Crippen molar-refractivity contribution < 1.29 is 9.53 Å². The van der Waals surface area contributed by atoms with Crippen molar-refractivity contribution >= 4 is 33.1 Å². The molecule has 1 saturated heterocycles. The van der Waals surface area contributed by atoms with Gasteiger partial charge >= 0.3 is 0 Å². The molecule has 31 heavy (non-hydrogen) atoms. The Bertz CT molecular complexity index is 1190. The second-order valence-electron chi connectivity index (χ2n) is 7.53. The predicted molar refractivity (Wildman–Crippen MR) is 126 cm³/mol. The number of anilines is 1. The van der Waals surface area contributed by atoms with Gasteiger partial charge < -0.3 is 4.74 Å². The Hall–Kier alpha value is -3.06. The molecule has 0 atom stereocenters. The van der Waals surface area contributed by atoms with Crippen LogP contribution in [0.4, 0.5) is 5.13 Å². The van der Waals surface area contributed by atoms with Gasteiger partial charge in [0.25, 0.3) is 5.91 Å². The Morgan fingerprint density at radius 1 is 0.968 bits per heavy atom. The van der Waals surface area contributed by atoms with Gasteiger partial charge in [-0.1, -0.05) is 78.1 Å². The van der Waals surface area contributed by atoms with Crippen LogP contribution in [0.5, 0.6) is 0 Å². The van der Waals surface area contributed by atoms with Gasteiger partial charge in [0.15, 0.2) is 5.13 Å². The van der Waals surface area contributed by atoms with Crippen molar-refractivity contribution in [3.05, 3.63) is 83.2 Å². The number of hydrogen-bond donors (Lipinski definition) is 1. The quantitative estimate of drug-likeness (QED) is 0.482. The molecule has 1 N–H and O–H groups in total. The van der Waals surface area contributed by atoms with Crippen molar-refractivity contribution in [1.82, 2.24) is 9.88 Å². The van der Waals surface area contributed by atoms with Gasteiger partial charge in [0, 0.05) is 35.6 Å². The molecule has 1 aromatic heterocycles. The minimum absolute atomic E-state index is 0.136. The van der Waals surface area contributed by atoms with Gasteiger partial charge in [-0.2, -0.15) is 0 Å². The summed E-state index contributed by atoms with van der Waals surface area (Å²) in [6.45, 7) is 4.12. The van der Waals surface area contributed by atoms with E-state index >= 15 is 0 Å². The lowest BCUT2D eigenvalue weighted by atomic mass is 10.0. The van der Waals surface area contributed by atoms with Crippen molar-refractivity contribution in [2.45, 2.75) is 6.54 Å². The second-order valence-corrected chi connectivity index (χ2v) is 8.61. The van der Waals surface area contributed by atoms with E-state index in [1.807, 2.05) is 60.7 Å². The van der Waals surface area contributed by atoms with Gasteiger partial charge in [0.2, 0.25) is 0 Å². The topological polar surface area (TPSA) is 54.5 Å². The zero-order valence-electron chi connectivity index (χ0n) is 17.1. The maximum absolute atomic E-state index is 13.1. The van der Waals surface area contributed by atoms with E-state index in [-0.39, 0.29) is 5.91 Å². The molecular formula is C25H23N3O2S. The number of hydrogen-bond acceptors (Lipinski definition) is 5. The monoisotopic (exact) mass is 429 g/mol. The first-order valence-electron chi connectivity index (χ1n) is 10.4. The number of fused-ring (bicyclic) bond motifs is 1. The summed E-state index contributed by atoms with van der Waals surface area (Å²) in [5, 5.41) is 5.66. The zero-order valence-corrected chi connectivity index (χ0v) is 17.9. The SMILES string of the molecule is O=C(Nc1nc(-c2ccccc2)c(CN2CCOCC2)s1)c1cccc2ccccc12. The van der Waals surface area contributed by atoms with Gasteiger partial charge in [-0.15, -0.1) is 0 Å².